The van der Waals surface area contributed by atoms with Crippen molar-refractivity contribution in [3.8, 4) is 6.07 Å². The molecule has 2 aromatic rings. The van der Waals surface area contributed by atoms with Crippen molar-refractivity contribution in [3.05, 3.63) is 40.1 Å². The number of aromatic nitrogens is 1. The van der Waals surface area contributed by atoms with Gasteiger partial charge in [-0.05, 0) is 40.5 Å². The van der Waals surface area contributed by atoms with Crippen LogP contribution in [0.1, 0.15) is 11.1 Å². The normalized spacial score (nSPS) is 10.2. The van der Waals surface area contributed by atoms with Crippen LogP contribution in [0.15, 0.2) is 29.0 Å². The van der Waals surface area contributed by atoms with Crippen molar-refractivity contribution in [2.24, 2.45) is 0 Å². The fraction of sp³-hybridized carbons (Fsp3) is 0.100. The van der Waals surface area contributed by atoms with Gasteiger partial charge in [-0.15, -0.1) is 0 Å². The Hall–Kier alpha value is -1.27. The minimum absolute atomic E-state index is 0.686. The number of hydrogen-bond acceptors (Lipinski definition) is 1. The molecule has 0 aliphatic rings. The highest BCUT2D eigenvalue weighted by molar-refractivity contribution is 9.10. The zero-order valence-corrected chi connectivity index (χ0v) is 8.67. The fourth-order valence-corrected chi connectivity index (χ4v) is 2.05. The van der Waals surface area contributed by atoms with Gasteiger partial charge in [0.1, 0.15) is 6.07 Å². The molecule has 13 heavy (non-hydrogen) atoms. The lowest BCUT2D eigenvalue weighted by molar-refractivity contribution is 1.16. The molecule has 0 radical (unpaired) electrons. The first-order valence-electron chi connectivity index (χ1n) is 3.88. The lowest BCUT2D eigenvalue weighted by Crippen LogP contribution is -1.84. The van der Waals surface area contributed by atoms with Crippen LogP contribution in [-0.2, 0) is 0 Å². The molecule has 0 aliphatic heterocycles. The molecular weight excluding hydrogens is 228 g/mol. The number of nitriles is 1. The molecule has 3 heteroatoms. The van der Waals surface area contributed by atoms with Crippen LogP contribution in [0.3, 0.4) is 0 Å². The van der Waals surface area contributed by atoms with Gasteiger partial charge in [-0.2, -0.15) is 5.26 Å². The average molecular weight is 235 g/mol. The largest absolute Gasteiger partial charge is 0.321 e. The molecule has 64 valence electrons. The maximum atomic E-state index is 8.72. The number of hydrogen-bond donors (Lipinski definition) is 0. The summed E-state index contributed by atoms with van der Waals surface area (Å²) in [5.41, 5.74) is 2.88. The number of aryl methyl sites for hydroxylation is 1. The maximum absolute atomic E-state index is 8.72. The van der Waals surface area contributed by atoms with Crippen LogP contribution in [0, 0.1) is 18.3 Å². The predicted octanol–water partition coefficient (Wildman–Crippen LogP) is 2.88. The van der Waals surface area contributed by atoms with Gasteiger partial charge >= 0.3 is 0 Å². The van der Waals surface area contributed by atoms with Crippen molar-refractivity contribution in [1.82, 2.24) is 4.40 Å². The Bertz CT molecular complexity index is 505. The number of rotatable bonds is 0. The molecule has 0 fully saturated rings. The van der Waals surface area contributed by atoms with Gasteiger partial charge in [0.25, 0.3) is 0 Å². The maximum Gasteiger partial charge on any atom is 0.101 e. The standard InChI is InChI=1S/C10H7BrN2/c1-7-2-9(11)10-3-8(4-12)6-13(10)5-7/h2-3,5-6H,1H3. The van der Waals surface area contributed by atoms with E-state index in [2.05, 4.69) is 22.0 Å². The molecule has 0 amide bonds. The predicted molar refractivity (Wildman–Crippen MR) is 54.5 cm³/mol. The first-order chi connectivity index (χ1) is 6.20. The molecule has 0 aliphatic carbocycles. The van der Waals surface area contributed by atoms with E-state index in [1.165, 1.54) is 5.56 Å². The van der Waals surface area contributed by atoms with E-state index >= 15 is 0 Å². The van der Waals surface area contributed by atoms with Gasteiger partial charge in [-0.3, -0.25) is 0 Å². The third-order valence-electron chi connectivity index (χ3n) is 1.92. The van der Waals surface area contributed by atoms with Crippen LogP contribution in [0.2, 0.25) is 0 Å². The first kappa shape index (κ1) is 8.33. The molecule has 0 spiro atoms. The third kappa shape index (κ3) is 1.34. The van der Waals surface area contributed by atoms with E-state index in [0.717, 1.165) is 9.99 Å². The highest BCUT2D eigenvalue weighted by Crippen LogP contribution is 2.21. The summed E-state index contributed by atoms with van der Waals surface area (Å²) in [6, 6.07) is 6.02. The van der Waals surface area contributed by atoms with Gasteiger partial charge in [0.2, 0.25) is 0 Å². The summed E-state index contributed by atoms with van der Waals surface area (Å²) in [4.78, 5) is 0. The Morgan fingerprint density at radius 2 is 2.15 bits per heavy atom. The molecule has 0 N–H and O–H groups in total. The van der Waals surface area contributed by atoms with Crippen molar-refractivity contribution in [2.45, 2.75) is 6.92 Å². The lowest BCUT2D eigenvalue weighted by atomic mass is 10.3. The van der Waals surface area contributed by atoms with Crippen molar-refractivity contribution in [1.29, 1.82) is 5.26 Å². The molecule has 2 aromatic heterocycles. The Morgan fingerprint density at radius 3 is 2.85 bits per heavy atom. The Kier molecular flexibility index (Phi) is 1.86. The summed E-state index contributed by atoms with van der Waals surface area (Å²) in [6.45, 7) is 2.02. The van der Waals surface area contributed by atoms with Crippen LogP contribution in [0.5, 0.6) is 0 Å². The average Bonchev–Trinajstić information content (AvgIpc) is 2.47. The van der Waals surface area contributed by atoms with Gasteiger partial charge in [0, 0.05) is 16.9 Å². The summed E-state index contributed by atoms with van der Waals surface area (Å²) >= 11 is 3.46. The van der Waals surface area contributed by atoms with E-state index in [1.54, 1.807) is 0 Å². The highest BCUT2D eigenvalue weighted by Gasteiger charge is 2.02. The van der Waals surface area contributed by atoms with Gasteiger partial charge in [0.05, 0.1) is 11.1 Å². The minimum Gasteiger partial charge on any atom is -0.321 e. The SMILES string of the molecule is Cc1cc(Br)c2cc(C#N)cn2c1. The van der Waals surface area contributed by atoms with Gasteiger partial charge < -0.3 is 4.40 Å². The molecule has 0 unspecified atom stereocenters. The van der Waals surface area contributed by atoms with E-state index in [4.69, 9.17) is 5.26 Å². The minimum atomic E-state index is 0.686. The fourth-order valence-electron chi connectivity index (χ4n) is 1.37. The third-order valence-corrected chi connectivity index (χ3v) is 2.55. The van der Waals surface area contributed by atoms with Crippen molar-refractivity contribution < 1.29 is 0 Å². The molecule has 2 rings (SSSR count). The van der Waals surface area contributed by atoms with Crippen molar-refractivity contribution in [2.75, 3.05) is 0 Å². The van der Waals surface area contributed by atoms with Crippen molar-refractivity contribution >= 4 is 21.4 Å². The van der Waals surface area contributed by atoms with E-state index < -0.39 is 0 Å². The molecule has 0 atom stereocenters. The summed E-state index contributed by atoms with van der Waals surface area (Å²) in [5, 5.41) is 8.72. The molecule has 2 nitrogen and oxygen atoms in total. The first-order valence-corrected chi connectivity index (χ1v) is 4.68. The number of pyridine rings is 1. The van der Waals surface area contributed by atoms with E-state index in [0.29, 0.717) is 5.56 Å². The lowest BCUT2D eigenvalue weighted by Gasteiger charge is -1.99. The Morgan fingerprint density at radius 1 is 1.38 bits per heavy atom. The molecule has 0 bridgehead atoms. The smallest absolute Gasteiger partial charge is 0.101 e. The highest BCUT2D eigenvalue weighted by atomic mass is 79.9. The molecule has 0 saturated heterocycles. The summed E-state index contributed by atoms with van der Waals surface area (Å²) in [6.07, 6.45) is 3.83. The Labute approximate surface area is 84.5 Å². The van der Waals surface area contributed by atoms with Crippen LogP contribution in [-0.4, -0.2) is 4.40 Å². The summed E-state index contributed by atoms with van der Waals surface area (Å²) in [7, 11) is 0. The van der Waals surface area contributed by atoms with Gasteiger partial charge in [-0.1, -0.05) is 0 Å². The van der Waals surface area contributed by atoms with Gasteiger partial charge in [-0.25, -0.2) is 0 Å². The zero-order valence-electron chi connectivity index (χ0n) is 7.08. The second-order valence-corrected chi connectivity index (χ2v) is 3.85. The number of fused-ring (bicyclic) bond motifs is 1. The molecule has 0 saturated carbocycles. The van der Waals surface area contributed by atoms with Crippen molar-refractivity contribution in [3.63, 3.8) is 0 Å². The van der Waals surface area contributed by atoms with Crippen LogP contribution >= 0.6 is 15.9 Å². The van der Waals surface area contributed by atoms with E-state index in [-0.39, 0.29) is 0 Å². The number of nitrogens with zero attached hydrogens (tertiary/aromatic N) is 2. The molecular formula is C10H7BrN2. The second-order valence-electron chi connectivity index (χ2n) is 3.00. The molecule has 2 heterocycles. The zero-order chi connectivity index (χ0) is 9.42. The van der Waals surface area contributed by atoms with E-state index in [1.807, 2.05) is 35.9 Å². The quantitative estimate of drug-likeness (QED) is 0.689. The van der Waals surface area contributed by atoms with E-state index in [9.17, 15) is 0 Å². The van der Waals surface area contributed by atoms with Crippen LogP contribution < -0.4 is 0 Å². The number of halogens is 1. The second kappa shape index (κ2) is 2.90. The Balaban J connectivity index is 2.84. The summed E-state index contributed by atoms with van der Waals surface area (Å²) < 4.78 is 2.98. The summed E-state index contributed by atoms with van der Waals surface area (Å²) in [5.74, 6) is 0. The van der Waals surface area contributed by atoms with Crippen LogP contribution in [0.4, 0.5) is 0 Å². The van der Waals surface area contributed by atoms with Crippen LogP contribution in [0.25, 0.3) is 5.52 Å². The monoisotopic (exact) mass is 234 g/mol. The topological polar surface area (TPSA) is 28.2 Å². The molecule has 0 aromatic carbocycles. The van der Waals surface area contributed by atoms with Gasteiger partial charge in [0.15, 0.2) is 0 Å².